The molecule has 0 aromatic rings. The topological polar surface area (TPSA) is 26.0 Å². The number of rotatable bonds is 25. The van der Waals surface area contributed by atoms with E-state index >= 15 is 0 Å². The van der Waals surface area contributed by atoms with Crippen molar-refractivity contribution < 1.29 is 0 Å². The summed E-state index contributed by atoms with van der Waals surface area (Å²) >= 11 is 0. The smallest absolute Gasteiger partial charge is 0.00104 e. The molecule has 176 valence electrons. The third-order valence-electron chi connectivity index (χ3n) is 6.51. The van der Waals surface area contributed by atoms with Crippen molar-refractivity contribution >= 4 is 0 Å². The molecule has 1 heteroatoms. The van der Waals surface area contributed by atoms with Gasteiger partial charge in [0.05, 0.1) is 0 Å². The standard InChI is InChI=1S/C28H59N/c1-3-4-5-6-7-8-9-10-11-12-13-14-15-16-17-18-19-20-21-22-23-24-25-26-27-28(2)29/h28H,3-27,29H2,1-2H3. The van der Waals surface area contributed by atoms with Gasteiger partial charge in [0.2, 0.25) is 0 Å². The van der Waals surface area contributed by atoms with Crippen LogP contribution in [0.5, 0.6) is 0 Å². The predicted molar refractivity (Wildman–Crippen MR) is 135 cm³/mol. The molecule has 1 atom stereocenters. The first-order valence-electron chi connectivity index (χ1n) is 14.0. The van der Waals surface area contributed by atoms with Crippen LogP contribution in [0.25, 0.3) is 0 Å². The fourth-order valence-electron chi connectivity index (χ4n) is 4.43. The molecule has 0 heterocycles. The van der Waals surface area contributed by atoms with Crippen LogP contribution in [0, 0.1) is 0 Å². The second kappa shape index (κ2) is 26.0. The minimum atomic E-state index is 0.398. The molecule has 0 aromatic carbocycles. The summed E-state index contributed by atoms with van der Waals surface area (Å²) in [6.45, 7) is 4.43. The molecule has 0 radical (unpaired) electrons. The molecule has 29 heavy (non-hydrogen) atoms. The number of unbranched alkanes of at least 4 members (excludes halogenated alkanes) is 23. The summed E-state index contributed by atoms with van der Waals surface area (Å²) in [5, 5.41) is 0. The van der Waals surface area contributed by atoms with Crippen LogP contribution in [0.2, 0.25) is 0 Å². The molecule has 0 aromatic heterocycles. The van der Waals surface area contributed by atoms with E-state index < -0.39 is 0 Å². The van der Waals surface area contributed by atoms with Gasteiger partial charge in [-0.05, 0) is 13.3 Å². The van der Waals surface area contributed by atoms with Gasteiger partial charge in [0.15, 0.2) is 0 Å². The van der Waals surface area contributed by atoms with Crippen molar-refractivity contribution in [1.82, 2.24) is 0 Å². The van der Waals surface area contributed by atoms with Crippen molar-refractivity contribution in [2.24, 2.45) is 5.73 Å². The average molecular weight is 410 g/mol. The third kappa shape index (κ3) is 28.0. The summed E-state index contributed by atoms with van der Waals surface area (Å²) in [6, 6.07) is 0.398. The Morgan fingerprint density at radius 3 is 0.793 bits per heavy atom. The van der Waals surface area contributed by atoms with Crippen molar-refractivity contribution in [2.45, 2.75) is 180 Å². The summed E-state index contributed by atoms with van der Waals surface area (Å²) in [4.78, 5) is 0. The molecule has 1 nitrogen and oxygen atoms in total. The fourth-order valence-corrected chi connectivity index (χ4v) is 4.43. The van der Waals surface area contributed by atoms with Gasteiger partial charge >= 0.3 is 0 Å². The fraction of sp³-hybridized carbons (Fsp3) is 1.00. The van der Waals surface area contributed by atoms with E-state index in [0.717, 1.165) is 0 Å². The van der Waals surface area contributed by atoms with Crippen LogP contribution >= 0.6 is 0 Å². The number of nitrogens with two attached hydrogens (primary N) is 1. The summed E-state index contributed by atoms with van der Waals surface area (Å²) < 4.78 is 0. The second-order valence-corrected chi connectivity index (χ2v) is 9.90. The van der Waals surface area contributed by atoms with E-state index in [4.69, 9.17) is 5.73 Å². The van der Waals surface area contributed by atoms with Gasteiger partial charge in [-0.1, -0.05) is 161 Å². The SMILES string of the molecule is CCCCCCCCCCCCCCCCCCCCCCCCCCC(C)N. The Labute approximate surface area is 186 Å². The Bertz CT molecular complexity index is 273. The molecule has 0 aliphatic carbocycles. The van der Waals surface area contributed by atoms with Crippen molar-refractivity contribution in [2.75, 3.05) is 0 Å². The minimum absolute atomic E-state index is 0.398. The monoisotopic (exact) mass is 409 g/mol. The first kappa shape index (κ1) is 29.0. The van der Waals surface area contributed by atoms with Crippen LogP contribution in [0.1, 0.15) is 174 Å². The highest BCUT2D eigenvalue weighted by Gasteiger charge is 1.97. The molecule has 0 aliphatic heterocycles. The summed E-state index contributed by atoms with van der Waals surface area (Å²) in [6.07, 6.45) is 36.2. The maximum Gasteiger partial charge on any atom is 0.00104 e. The van der Waals surface area contributed by atoms with E-state index in [0.29, 0.717) is 6.04 Å². The van der Waals surface area contributed by atoms with Gasteiger partial charge in [-0.3, -0.25) is 0 Å². The highest BCUT2D eigenvalue weighted by Crippen LogP contribution is 2.15. The molecule has 0 rings (SSSR count). The van der Waals surface area contributed by atoms with Gasteiger partial charge in [0.25, 0.3) is 0 Å². The van der Waals surface area contributed by atoms with Gasteiger partial charge in [-0.15, -0.1) is 0 Å². The van der Waals surface area contributed by atoms with E-state index in [-0.39, 0.29) is 0 Å². The first-order valence-corrected chi connectivity index (χ1v) is 14.0. The number of hydrogen-bond acceptors (Lipinski definition) is 1. The molecular formula is C28H59N. The predicted octanol–water partition coefficient (Wildman–Crippen LogP) is 10.1. The van der Waals surface area contributed by atoms with Crippen molar-refractivity contribution in [3.8, 4) is 0 Å². The van der Waals surface area contributed by atoms with E-state index in [9.17, 15) is 0 Å². The molecule has 2 N–H and O–H groups in total. The lowest BCUT2D eigenvalue weighted by Crippen LogP contribution is -2.13. The zero-order chi connectivity index (χ0) is 21.3. The van der Waals surface area contributed by atoms with Gasteiger partial charge in [-0.25, -0.2) is 0 Å². The van der Waals surface area contributed by atoms with Crippen molar-refractivity contribution in [3.63, 3.8) is 0 Å². The molecular weight excluding hydrogens is 350 g/mol. The molecule has 0 spiro atoms. The molecule has 0 aliphatic rings. The molecule has 0 saturated heterocycles. The Morgan fingerprint density at radius 2 is 0.586 bits per heavy atom. The largest absolute Gasteiger partial charge is 0.328 e. The van der Waals surface area contributed by atoms with Crippen LogP contribution < -0.4 is 5.73 Å². The molecule has 0 amide bonds. The quantitative estimate of drug-likeness (QED) is 0.149. The van der Waals surface area contributed by atoms with Gasteiger partial charge < -0.3 is 5.73 Å². The highest BCUT2D eigenvalue weighted by molar-refractivity contribution is 4.54. The summed E-state index contributed by atoms with van der Waals surface area (Å²) in [5.41, 5.74) is 5.79. The van der Waals surface area contributed by atoms with Crippen molar-refractivity contribution in [3.05, 3.63) is 0 Å². The van der Waals surface area contributed by atoms with Crippen molar-refractivity contribution in [1.29, 1.82) is 0 Å². The van der Waals surface area contributed by atoms with Crippen LogP contribution in [0.4, 0.5) is 0 Å². The third-order valence-corrected chi connectivity index (χ3v) is 6.51. The Morgan fingerprint density at radius 1 is 0.379 bits per heavy atom. The minimum Gasteiger partial charge on any atom is -0.328 e. The second-order valence-electron chi connectivity index (χ2n) is 9.90. The Balaban J connectivity index is 2.98. The first-order chi connectivity index (χ1) is 14.3. The molecule has 0 fully saturated rings. The molecule has 0 bridgehead atoms. The van der Waals surface area contributed by atoms with E-state index in [1.54, 1.807) is 0 Å². The maximum atomic E-state index is 5.79. The zero-order valence-electron chi connectivity index (χ0n) is 20.8. The molecule has 0 saturated carbocycles. The van der Waals surface area contributed by atoms with Gasteiger partial charge in [-0.2, -0.15) is 0 Å². The highest BCUT2D eigenvalue weighted by atomic mass is 14.6. The van der Waals surface area contributed by atoms with E-state index in [2.05, 4.69) is 13.8 Å². The summed E-state index contributed by atoms with van der Waals surface area (Å²) in [7, 11) is 0. The number of hydrogen-bond donors (Lipinski definition) is 1. The van der Waals surface area contributed by atoms with E-state index in [1.807, 2.05) is 0 Å². The van der Waals surface area contributed by atoms with E-state index in [1.165, 1.54) is 161 Å². The summed E-state index contributed by atoms with van der Waals surface area (Å²) in [5.74, 6) is 0. The normalized spacial score (nSPS) is 12.5. The van der Waals surface area contributed by atoms with Crippen LogP contribution in [0.3, 0.4) is 0 Å². The Hall–Kier alpha value is -0.0400. The van der Waals surface area contributed by atoms with Crippen LogP contribution in [0.15, 0.2) is 0 Å². The van der Waals surface area contributed by atoms with Crippen LogP contribution in [-0.4, -0.2) is 6.04 Å². The maximum absolute atomic E-state index is 5.79. The lowest BCUT2D eigenvalue weighted by Gasteiger charge is -2.05. The lowest BCUT2D eigenvalue weighted by atomic mass is 10.0. The zero-order valence-corrected chi connectivity index (χ0v) is 20.8. The average Bonchev–Trinajstić information content (AvgIpc) is 2.71. The van der Waals surface area contributed by atoms with Gasteiger partial charge in [0.1, 0.15) is 0 Å². The lowest BCUT2D eigenvalue weighted by molar-refractivity contribution is 0.513. The van der Waals surface area contributed by atoms with Crippen LogP contribution in [-0.2, 0) is 0 Å². The Kier molecular flexibility index (Phi) is 26.0. The van der Waals surface area contributed by atoms with Gasteiger partial charge in [0, 0.05) is 6.04 Å². The molecule has 1 unspecified atom stereocenters.